The fourth-order valence-corrected chi connectivity index (χ4v) is 4.21. The second-order valence-corrected chi connectivity index (χ2v) is 8.31. The lowest BCUT2D eigenvalue weighted by Crippen LogP contribution is -2.21. The van der Waals surface area contributed by atoms with E-state index in [4.69, 9.17) is 14.6 Å². The highest BCUT2D eigenvalue weighted by Crippen LogP contribution is 2.37. The lowest BCUT2D eigenvalue weighted by atomic mass is 9.84. The van der Waals surface area contributed by atoms with Crippen molar-refractivity contribution >= 4 is 32.8 Å². The summed E-state index contributed by atoms with van der Waals surface area (Å²) >= 11 is 3.62. The number of carbonyl (C=O) groups excluding carboxylic acids is 1. The van der Waals surface area contributed by atoms with E-state index in [2.05, 4.69) is 32.9 Å². The molecule has 2 aliphatic carbocycles. The molecule has 0 aliphatic heterocycles. The fraction of sp³-hybridized carbons (Fsp3) is 0.600. The van der Waals surface area contributed by atoms with Crippen LogP contribution in [0.15, 0.2) is 22.8 Å². The van der Waals surface area contributed by atoms with Gasteiger partial charge in [0.15, 0.2) is 0 Å². The topological polar surface area (TPSA) is 53.4 Å². The Bertz CT molecular complexity index is 792. The second kappa shape index (κ2) is 7.59. The Labute approximate surface area is 162 Å². The molecule has 0 radical (unpaired) electrons. The van der Waals surface area contributed by atoms with Gasteiger partial charge in [0.05, 0.1) is 28.7 Å². The standard InChI is InChI=1S/C20H25BrN2O3/c1-2-25-20(24)9-13-3-5-15(6-4-13)23-12-14-10-17(21)19(11-18(14)22-23)26-16-7-8-16/h10-13,15-16H,2-9H2,1H3. The predicted octanol–water partition coefficient (Wildman–Crippen LogP) is 5.02. The summed E-state index contributed by atoms with van der Waals surface area (Å²) in [6, 6.07) is 4.55. The first kappa shape index (κ1) is 17.8. The third-order valence-electron chi connectivity index (χ3n) is 5.34. The Hall–Kier alpha value is -1.56. The van der Waals surface area contributed by atoms with Crippen LogP contribution in [0.4, 0.5) is 0 Å². The average molecular weight is 421 g/mol. The van der Waals surface area contributed by atoms with E-state index in [1.807, 2.05) is 13.0 Å². The Kier molecular flexibility index (Phi) is 5.20. The molecule has 2 saturated carbocycles. The van der Waals surface area contributed by atoms with Crippen molar-refractivity contribution in [2.75, 3.05) is 6.61 Å². The van der Waals surface area contributed by atoms with Gasteiger partial charge in [-0.2, -0.15) is 5.10 Å². The summed E-state index contributed by atoms with van der Waals surface area (Å²) in [5.74, 6) is 1.28. The monoisotopic (exact) mass is 420 g/mol. The van der Waals surface area contributed by atoms with Crippen LogP contribution < -0.4 is 4.74 Å². The number of nitrogens with zero attached hydrogens (tertiary/aromatic N) is 2. The van der Waals surface area contributed by atoms with Crippen LogP contribution in [0.5, 0.6) is 5.75 Å². The summed E-state index contributed by atoms with van der Waals surface area (Å²) in [5.41, 5.74) is 0.984. The van der Waals surface area contributed by atoms with Gasteiger partial charge in [-0.1, -0.05) is 0 Å². The zero-order valence-electron chi connectivity index (χ0n) is 15.1. The number of hydrogen-bond acceptors (Lipinski definition) is 4. The van der Waals surface area contributed by atoms with Crippen molar-refractivity contribution in [2.24, 2.45) is 5.92 Å². The number of fused-ring (bicyclic) bond motifs is 1. The first-order chi connectivity index (χ1) is 12.6. The van der Waals surface area contributed by atoms with E-state index in [9.17, 15) is 4.79 Å². The summed E-state index contributed by atoms with van der Waals surface area (Å²) in [4.78, 5) is 11.7. The Morgan fingerprint density at radius 1 is 1.23 bits per heavy atom. The summed E-state index contributed by atoms with van der Waals surface area (Å²) in [7, 11) is 0. The van der Waals surface area contributed by atoms with Crippen LogP contribution in [0.3, 0.4) is 0 Å². The molecule has 0 spiro atoms. The molecule has 26 heavy (non-hydrogen) atoms. The zero-order valence-corrected chi connectivity index (χ0v) is 16.7. The molecule has 5 nitrogen and oxygen atoms in total. The molecule has 0 bridgehead atoms. The minimum Gasteiger partial charge on any atom is -0.489 e. The lowest BCUT2D eigenvalue weighted by Gasteiger charge is -2.28. The van der Waals surface area contributed by atoms with Crippen LogP contribution in [-0.4, -0.2) is 28.5 Å². The zero-order chi connectivity index (χ0) is 18.1. The normalized spacial score (nSPS) is 23.2. The van der Waals surface area contributed by atoms with E-state index in [-0.39, 0.29) is 5.97 Å². The molecule has 4 rings (SSSR count). The molecule has 0 saturated heterocycles. The second-order valence-electron chi connectivity index (χ2n) is 7.45. The maximum atomic E-state index is 11.7. The highest BCUT2D eigenvalue weighted by atomic mass is 79.9. The SMILES string of the molecule is CCOC(=O)CC1CCC(n2cc3cc(Br)c(OC4CC4)cc3n2)CC1. The van der Waals surface area contributed by atoms with Crippen LogP contribution in [0, 0.1) is 5.92 Å². The number of esters is 1. The van der Waals surface area contributed by atoms with Gasteiger partial charge >= 0.3 is 5.97 Å². The van der Waals surface area contributed by atoms with E-state index in [0.29, 0.717) is 31.1 Å². The lowest BCUT2D eigenvalue weighted by molar-refractivity contribution is -0.144. The molecular weight excluding hydrogens is 396 g/mol. The fourth-order valence-electron chi connectivity index (χ4n) is 3.76. The summed E-state index contributed by atoms with van der Waals surface area (Å²) in [6.07, 6.45) is 9.59. The molecule has 2 fully saturated rings. The van der Waals surface area contributed by atoms with Crippen molar-refractivity contribution in [3.8, 4) is 5.75 Å². The van der Waals surface area contributed by atoms with Crippen LogP contribution in [0.1, 0.15) is 57.9 Å². The van der Waals surface area contributed by atoms with Crippen LogP contribution in [0.25, 0.3) is 10.9 Å². The maximum absolute atomic E-state index is 11.7. The molecule has 0 N–H and O–H groups in total. The first-order valence-electron chi connectivity index (χ1n) is 9.63. The molecule has 1 aromatic carbocycles. The van der Waals surface area contributed by atoms with Gasteiger partial charge in [-0.15, -0.1) is 0 Å². The van der Waals surface area contributed by atoms with Crippen LogP contribution in [-0.2, 0) is 9.53 Å². The summed E-state index contributed by atoms with van der Waals surface area (Å²) in [6.45, 7) is 2.33. The smallest absolute Gasteiger partial charge is 0.306 e. The van der Waals surface area contributed by atoms with E-state index in [1.54, 1.807) is 0 Å². The summed E-state index contributed by atoms with van der Waals surface area (Å²) < 4.78 is 14.1. The van der Waals surface area contributed by atoms with Crippen molar-refractivity contribution < 1.29 is 14.3 Å². The highest BCUT2D eigenvalue weighted by molar-refractivity contribution is 9.10. The van der Waals surface area contributed by atoms with Crippen molar-refractivity contribution in [3.63, 3.8) is 0 Å². The van der Waals surface area contributed by atoms with Gasteiger partial charge in [0.25, 0.3) is 0 Å². The molecule has 2 aromatic rings. The highest BCUT2D eigenvalue weighted by Gasteiger charge is 2.26. The number of halogens is 1. The van der Waals surface area contributed by atoms with Crippen LogP contribution in [0.2, 0.25) is 0 Å². The maximum Gasteiger partial charge on any atom is 0.306 e. The van der Waals surface area contributed by atoms with Gasteiger partial charge in [-0.05, 0) is 73.4 Å². The Morgan fingerprint density at radius 3 is 2.69 bits per heavy atom. The first-order valence-corrected chi connectivity index (χ1v) is 10.4. The van der Waals surface area contributed by atoms with E-state index < -0.39 is 0 Å². The van der Waals surface area contributed by atoms with E-state index in [0.717, 1.165) is 59.7 Å². The predicted molar refractivity (Wildman–Crippen MR) is 103 cm³/mol. The average Bonchev–Trinajstić information content (AvgIpc) is 3.34. The molecule has 6 heteroatoms. The Morgan fingerprint density at radius 2 is 2.00 bits per heavy atom. The minimum atomic E-state index is -0.0613. The number of hydrogen-bond donors (Lipinski definition) is 0. The molecule has 0 unspecified atom stereocenters. The molecule has 140 valence electrons. The summed E-state index contributed by atoms with van der Waals surface area (Å²) in [5, 5.41) is 5.94. The largest absolute Gasteiger partial charge is 0.489 e. The van der Waals surface area contributed by atoms with Crippen molar-refractivity contribution in [1.82, 2.24) is 9.78 Å². The third-order valence-corrected chi connectivity index (χ3v) is 5.96. The van der Waals surface area contributed by atoms with Crippen LogP contribution >= 0.6 is 15.9 Å². The molecule has 0 amide bonds. The minimum absolute atomic E-state index is 0.0613. The number of aromatic nitrogens is 2. The molecular formula is C20H25BrN2O3. The number of ether oxygens (including phenoxy) is 2. The van der Waals surface area contributed by atoms with Gasteiger partial charge in [0.2, 0.25) is 0 Å². The third kappa shape index (κ3) is 4.05. The molecule has 0 atom stereocenters. The van der Waals surface area contributed by atoms with Gasteiger partial charge in [0, 0.05) is 24.1 Å². The van der Waals surface area contributed by atoms with Crippen molar-refractivity contribution in [2.45, 2.75) is 64.0 Å². The van der Waals surface area contributed by atoms with Gasteiger partial charge in [0.1, 0.15) is 5.75 Å². The van der Waals surface area contributed by atoms with Gasteiger partial charge in [-0.25, -0.2) is 0 Å². The molecule has 1 aromatic heterocycles. The van der Waals surface area contributed by atoms with Gasteiger partial charge in [-0.3, -0.25) is 9.48 Å². The van der Waals surface area contributed by atoms with E-state index >= 15 is 0 Å². The quantitative estimate of drug-likeness (QED) is 0.615. The van der Waals surface area contributed by atoms with E-state index in [1.165, 1.54) is 0 Å². The number of rotatable bonds is 6. The number of benzene rings is 1. The van der Waals surface area contributed by atoms with Gasteiger partial charge < -0.3 is 9.47 Å². The Balaban J connectivity index is 1.42. The molecule has 1 heterocycles. The number of carbonyl (C=O) groups is 1. The molecule has 2 aliphatic rings. The van der Waals surface area contributed by atoms with Crippen molar-refractivity contribution in [3.05, 3.63) is 22.8 Å². The van der Waals surface area contributed by atoms with Crippen molar-refractivity contribution in [1.29, 1.82) is 0 Å².